The van der Waals surface area contributed by atoms with E-state index < -0.39 is 8.56 Å². The lowest BCUT2D eigenvalue weighted by molar-refractivity contribution is 0.341. The van der Waals surface area contributed by atoms with Crippen LogP contribution in [0.4, 0.5) is 0 Å². The van der Waals surface area contributed by atoms with Gasteiger partial charge in [0.2, 0.25) is 0 Å². The highest BCUT2D eigenvalue weighted by Gasteiger charge is 2.64. The monoisotopic (exact) mass is 328 g/mol. The Labute approximate surface area is 119 Å². The second-order valence-corrected chi connectivity index (χ2v) is 12.5. The van der Waals surface area contributed by atoms with Crippen LogP contribution >= 0.6 is 15.9 Å². The molecule has 0 N–H and O–H groups in total. The van der Waals surface area contributed by atoms with Crippen molar-refractivity contribution in [3.63, 3.8) is 0 Å². The first kappa shape index (κ1) is 13.9. The maximum absolute atomic E-state index is 6.39. The zero-order chi connectivity index (χ0) is 13.8. The van der Waals surface area contributed by atoms with Crippen LogP contribution in [0.1, 0.15) is 41.5 Å². The van der Waals surface area contributed by atoms with Crippen molar-refractivity contribution in [2.24, 2.45) is 0 Å². The summed E-state index contributed by atoms with van der Waals surface area (Å²) in [7, 11) is -2.38. The van der Waals surface area contributed by atoms with Crippen LogP contribution in [0, 0.1) is 0 Å². The molecule has 2 nitrogen and oxygen atoms in total. The highest BCUT2D eigenvalue weighted by Crippen LogP contribution is 2.57. The minimum atomic E-state index is -2.38. The maximum Gasteiger partial charge on any atom is 0.471 e. The van der Waals surface area contributed by atoms with E-state index in [0.29, 0.717) is 0 Å². The highest BCUT2D eigenvalue weighted by atomic mass is 79.9. The van der Waals surface area contributed by atoms with Crippen molar-refractivity contribution >= 4 is 24.5 Å². The van der Waals surface area contributed by atoms with E-state index in [4.69, 9.17) is 8.85 Å². The Morgan fingerprint density at radius 1 is 0.889 bits per heavy atom. The van der Waals surface area contributed by atoms with Crippen molar-refractivity contribution in [1.29, 1.82) is 0 Å². The summed E-state index contributed by atoms with van der Waals surface area (Å²) in [6, 6.07) is 5.99. The number of rotatable bonds is 0. The third-order valence-corrected chi connectivity index (χ3v) is 8.85. The van der Waals surface area contributed by atoms with Crippen LogP contribution in [0.3, 0.4) is 0 Å². The molecular weight excluding hydrogens is 308 g/mol. The van der Waals surface area contributed by atoms with Crippen LogP contribution < -0.4 is 8.85 Å². The average molecular weight is 329 g/mol. The van der Waals surface area contributed by atoms with Crippen molar-refractivity contribution in [1.82, 2.24) is 0 Å². The molecule has 0 atom stereocenters. The van der Waals surface area contributed by atoms with Crippen molar-refractivity contribution in [2.45, 2.75) is 51.6 Å². The summed E-state index contributed by atoms with van der Waals surface area (Å²) >= 11 is 3.48. The molecule has 0 aliphatic carbocycles. The van der Waals surface area contributed by atoms with Gasteiger partial charge in [-0.25, -0.2) is 0 Å². The topological polar surface area (TPSA) is 18.5 Å². The first-order valence-corrected chi connectivity index (χ1v) is 8.85. The minimum Gasteiger partial charge on any atom is -0.508 e. The molecule has 0 aromatic heterocycles. The lowest BCUT2D eigenvalue weighted by atomic mass is 10.2. The predicted octanol–water partition coefficient (Wildman–Crippen LogP) is 5.26. The zero-order valence-electron chi connectivity index (χ0n) is 11.9. The lowest BCUT2D eigenvalue weighted by Crippen LogP contribution is -2.59. The van der Waals surface area contributed by atoms with E-state index in [9.17, 15) is 0 Å². The van der Waals surface area contributed by atoms with E-state index in [0.717, 1.165) is 16.0 Å². The van der Waals surface area contributed by atoms with Crippen molar-refractivity contribution < 1.29 is 8.85 Å². The van der Waals surface area contributed by atoms with Crippen LogP contribution in [0.15, 0.2) is 22.7 Å². The molecule has 0 saturated carbocycles. The fourth-order valence-corrected chi connectivity index (χ4v) is 7.52. The Morgan fingerprint density at radius 3 is 1.89 bits per heavy atom. The second-order valence-electron chi connectivity index (χ2n) is 6.91. The quantitative estimate of drug-likeness (QED) is 0.604. The van der Waals surface area contributed by atoms with Gasteiger partial charge in [0.25, 0.3) is 0 Å². The van der Waals surface area contributed by atoms with Crippen LogP contribution in [-0.4, -0.2) is 8.56 Å². The van der Waals surface area contributed by atoms with Crippen molar-refractivity contribution in [3.05, 3.63) is 22.7 Å². The fourth-order valence-electron chi connectivity index (χ4n) is 2.71. The van der Waals surface area contributed by atoms with Gasteiger partial charge in [-0.3, -0.25) is 0 Å². The van der Waals surface area contributed by atoms with Gasteiger partial charge in [-0.1, -0.05) is 57.5 Å². The molecule has 100 valence electrons. The minimum absolute atomic E-state index is 0.0107. The summed E-state index contributed by atoms with van der Waals surface area (Å²) < 4.78 is 13.8. The van der Waals surface area contributed by atoms with Gasteiger partial charge in [-0.15, -0.1) is 0 Å². The summed E-state index contributed by atoms with van der Waals surface area (Å²) in [5.41, 5.74) is 0. The number of hydrogen-bond donors (Lipinski definition) is 0. The van der Waals surface area contributed by atoms with Gasteiger partial charge in [-0.05, 0) is 18.2 Å². The fraction of sp³-hybridized carbons (Fsp3) is 0.571. The van der Waals surface area contributed by atoms with Crippen LogP contribution in [0.25, 0.3) is 0 Å². The van der Waals surface area contributed by atoms with Crippen LogP contribution in [-0.2, 0) is 0 Å². The van der Waals surface area contributed by atoms with E-state index >= 15 is 0 Å². The molecule has 0 fully saturated rings. The number of benzene rings is 1. The van der Waals surface area contributed by atoms with Crippen molar-refractivity contribution in [2.75, 3.05) is 0 Å². The van der Waals surface area contributed by atoms with Gasteiger partial charge in [0.1, 0.15) is 11.5 Å². The highest BCUT2D eigenvalue weighted by molar-refractivity contribution is 9.10. The largest absolute Gasteiger partial charge is 0.508 e. The van der Waals surface area contributed by atoms with E-state index in [2.05, 4.69) is 57.5 Å². The molecule has 1 aromatic carbocycles. The molecule has 0 amide bonds. The second kappa shape index (κ2) is 4.00. The van der Waals surface area contributed by atoms with E-state index in [1.54, 1.807) is 0 Å². The molecule has 0 radical (unpaired) electrons. The van der Waals surface area contributed by atoms with Crippen LogP contribution in [0.5, 0.6) is 11.5 Å². The summed E-state index contributed by atoms with van der Waals surface area (Å²) in [5.74, 6) is 1.76. The molecule has 0 unspecified atom stereocenters. The van der Waals surface area contributed by atoms with Gasteiger partial charge < -0.3 is 8.85 Å². The Kier molecular flexibility index (Phi) is 3.10. The van der Waals surface area contributed by atoms with Gasteiger partial charge in [0.15, 0.2) is 0 Å². The first-order valence-electron chi connectivity index (χ1n) is 6.24. The Morgan fingerprint density at radius 2 is 1.39 bits per heavy atom. The van der Waals surface area contributed by atoms with Crippen molar-refractivity contribution in [3.8, 4) is 11.5 Å². The Balaban J connectivity index is 2.51. The molecule has 1 aliphatic heterocycles. The molecule has 2 rings (SSSR count). The summed E-state index contributed by atoms with van der Waals surface area (Å²) in [4.78, 5) is 0. The Hall–Kier alpha value is -0.483. The summed E-state index contributed by atoms with van der Waals surface area (Å²) in [6.45, 7) is 13.3. The third-order valence-electron chi connectivity index (χ3n) is 3.39. The van der Waals surface area contributed by atoms with E-state index in [-0.39, 0.29) is 10.1 Å². The maximum atomic E-state index is 6.39. The smallest absolute Gasteiger partial charge is 0.471 e. The lowest BCUT2D eigenvalue weighted by Gasteiger charge is -2.43. The predicted molar refractivity (Wildman–Crippen MR) is 80.6 cm³/mol. The van der Waals surface area contributed by atoms with Gasteiger partial charge in [0, 0.05) is 14.5 Å². The molecule has 1 aromatic rings. The molecule has 1 aliphatic rings. The summed E-state index contributed by atoms with van der Waals surface area (Å²) in [6.07, 6.45) is 0. The first-order chi connectivity index (χ1) is 8.07. The molecule has 1 heterocycles. The van der Waals surface area contributed by atoms with Crippen LogP contribution in [0.2, 0.25) is 10.1 Å². The molecule has 4 heteroatoms. The number of hydrogen-bond acceptors (Lipinski definition) is 2. The number of halogens is 1. The zero-order valence-corrected chi connectivity index (χ0v) is 14.5. The van der Waals surface area contributed by atoms with Gasteiger partial charge in [0.05, 0.1) is 0 Å². The standard InChI is InChI=1S/C14H21BrO2Si/c1-13(2,3)18(14(4,5)6)16-11-8-7-10(15)9-12(11)17-18/h7-9H,1-6H3. The van der Waals surface area contributed by atoms with E-state index in [1.807, 2.05) is 18.2 Å². The molecule has 0 bridgehead atoms. The van der Waals surface area contributed by atoms with Gasteiger partial charge >= 0.3 is 8.56 Å². The molecule has 18 heavy (non-hydrogen) atoms. The molecule has 0 saturated heterocycles. The summed E-state index contributed by atoms with van der Waals surface area (Å²) in [5, 5.41) is 0.0213. The molecule has 0 spiro atoms. The van der Waals surface area contributed by atoms with Gasteiger partial charge in [-0.2, -0.15) is 0 Å². The van der Waals surface area contributed by atoms with E-state index in [1.165, 1.54) is 0 Å². The average Bonchev–Trinajstić information content (AvgIpc) is 2.55. The SMILES string of the molecule is CC(C)(C)[Si]1(C(C)(C)C)Oc2ccc(Br)cc2O1. The third kappa shape index (κ3) is 1.99. The Bertz CT molecular complexity index is 458. The number of fused-ring (bicyclic) bond motifs is 1. The molecular formula is C14H21BrO2Si. The normalized spacial score (nSPS) is 17.9.